The van der Waals surface area contributed by atoms with E-state index in [1.807, 2.05) is 82.5 Å². The van der Waals surface area contributed by atoms with Gasteiger partial charge < -0.3 is 10.6 Å². The molecule has 0 saturated carbocycles. The number of alkyl halides is 2. The van der Waals surface area contributed by atoms with E-state index in [0.29, 0.717) is 20.1 Å². The topological polar surface area (TPSA) is 31.8 Å². The Hall–Kier alpha value is -1.92. The first-order valence-electron chi connectivity index (χ1n) is 14.0. The van der Waals surface area contributed by atoms with Gasteiger partial charge in [-0.3, -0.25) is 0 Å². The zero-order valence-corrected chi connectivity index (χ0v) is 27.6. The van der Waals surface area contributed by atoms with E-state index >= 15 is 0 Å². The second kappa shape index (κ2) is 16.8. The highest BCUT2D eigenvalue weighted by Gasteiger charge is 2.16. The fraction of sp³-hybridized carbons (Fsp3) is 0.312. The van der Waals surface area contributed by atoms with Crippen LogP contribution < -0.4 is 19.8 Å². The smallest absolute Gasteiger partial charge is 0.232 e. The summed E-state index contributed by atoms with van der Waals surface area (Å²) < 4.78 is 4.07. The van der Waals surface area contributed by atoms with Gasteiger partial charge in [0.2, 0.25) is 11.0 Å². The molecule has 0 amide bonds. The molecule has 2 heterocycles. The lowest BCUT2D eigenvalue weighted by molar-refractivity contribution is -0.703. The predicted octanol–water partition coefficient (Wildman–Crippen LogP) is 11.7. The Morgan fingerprint density at radius 3 is 1.10 bits per heavy atom. The lowest BCUT2D eigenvalue weighted by Gasteiger charge is -2.09. The van der Waals surface area contributed by atoms with Crippen molar-refractivity contribution in [3.8, 4) is 0 Å². The van der Waals surface area contributed by atoms with Crippen LogP contribution in [0, 0.1) is 0 Å². The van der Waals surface area contributed by atoms with Crippen molar-refractivity contribution in [1.82, 2.24) is 0 Å². The fourth-order valence-electron chi connectivity index (χ4n) is 4.63. The van der Waals surface area contributed by atoms with Crippen LogP contribution in [0.25, 0.3) is 0 Å². The zero-order chi connectivity index (χ0) is 29.9. The van der Waals surface area contributed by atoms with Crippen molar-refractivity contribution >= 4 is 92.4 Å². The van der Waals surface area contributed by atoms with Crippen LogP contribution in [0.15, 0.2) is 85.5 Å². The number of hydrogen-bond acceptors (Lipinski definition) is 2. The van der Waals surface area contributed by atoms with Crippen LogP contribution in [0.2, 0.25) is 20.1 Å². The number of benzene rings is 2. The summed E-state index contributed by atoms with van der Waals surface area (Å²) in [6.07, 6.45) is 16.8. The fourth-order valence-corrected chi connectivity index (χ4v) is 6.25. The van der Waals surface area contributed by atoms with E-state index in [4.69, 9.17) is 69.6 Å². The first-order chi connectivity index (χ1) is 20.2. The molecule has 10 heteroatoms. The molecule has 0 aliphatic carbocycles. The van der Waals surface area contributed by atoms with Gasteiger partial charge in [0, 0.05) is 68.6 Å². The summed E-state index contributed by atoms with van der Waals surface area (Å²) in [6, 6.07) is 18.8. The second-order valence-electron chi connectivity index (χ2n) is 10.2. The summed E-state index contributed by atoms with van der Waals surface area (Å²) in [7, 11) is 0. The molecular weight excluding hydrogens is 653 g/mol. The molecule has 2 N–H and O–H groups in total. The number of aromatic nitrogens is 2. The van der Waals surface area contributed by atoms with Crippen molar-refractivity contribution in [2.45, 2.75) is 62.4 Å². The number of unbranched alkanes of at least 4 members (excludes halogenated alkanes) is 5. The molecule has 2 unspecified atom stereocenters. The standard InChI is InChI=1S/C32H32Cl6N4/c33-23-17-24(34)20-29(19-23)39-27-9-13-41(14-10-27)31(37)7-5-3-1-2-4-6-8-32(38)42-15-11-28(12-16-42)40-30-21-25(35)18-26(36)22-30/h9-22,31-32H,1-8H2/p+2. The normalized spacial score (nSPS) is 12.6. The molecule has 0 saturated heterocycles. The van der Waals surface area contributed by atoms with E-state index in [9.17, 15) is 0 Å². The molecule has 0 aliphatic rings. The van der Waals surface area contributed by atoms with Crippen LogP contribution in [0.5, 0.6) is 0 Å². The van der Waals surface area contributed by atoms with Crippen LogP contribution in [-0.2, 0) is 0 Å². The number of nitrogens with zero attached hydrogens (tertiary/aromatic N) is 2. The highest BCUT2D eigenvalue weighted by molar-refractivity contribution is 6.35. The third-order valence-corrected chi connectivity index (χ3v) is 8.55. The third-order valence-electron chi connectivity index (χ3n) is 6.79. The monoisotopic (exact) mass is 684 g/mol. The number of anilines is 4. The summed E-state index contributed by atoms with van der Waals surface area (Å²) in [5.41, 5.74) is 3.43. The van der Waals surface area contributed by atoms with Gasteiger partial charge in [-0.2, -0.15) is 9.13 Å². The Morgan fingerprint density at radius 1 is 0.452 bits per heavy atom. The number of rotatable bonds is 15. The molecule has 2 aromatic heterocycles. The number of pyridine rings is 2. The first-order valence-corrected chi connectivity index (χ1v) is 16.4. The quantitative estimate of drug-likeness (QED) is 0.0741. The minimum absolute atomic E-state index is 0.0708. The van der Waals surface area contributed by atoms with Gasteiger partial charge in [0.25, 0.3) is 0 Å². The maximum Gasteiger partial charge on any atom is 0.232 e. The largest absolute Gasteiger partial charge is 0.355 e. The predicted molar refractivity (Wildman–Crippen MR) is 179 cm³/mol. The molecule has 0 aliphatic heterocycles. The van der Waals surface area contributed by atoms with Gasteiger partial charge in [0.15, 0.2) is 24.8 Å². The van der Waals surface area contributed by atoms with Crippen molar-refractivity contribution < 1.29 is 9.13 Å². The summed E-state index contributed by atoms with van der Waals surface area (Å²) in [5, 5.41) is 9.00. The van der Waals surface area contributed by atoms with Crippen LogP contribution in [0.4, 0.5) is 22.7 Å². The van der Waals surface area contributed by atoms with Gasteiger partial charge in [-0.25, -0.2) is 0 Å². The van der Waals surface area contributed by atoms with Crippen molar-refractivity contribution in [2.75, 3.05) is 10.6 Å². The van der Waals surface area contributed by atoms with E-state index in [1.54, 1.807) is 12.1 Å². The molecule has 0 radical (unpaired) electrons. The van der Waals surface area contributed by atoms with Gasteiger partial charge in [0.1, 0.15) is 0 Å². The van der Waals surface area contributed by atoms with E-state index in [0.717, 1.165) is 48.4 Å². The first kappa shape index (κ1) is 33.0. The van der Waals surface area contributed by atoms with E-state index in [1.165, 1.54) is 25.7 Å². The van der Waals surface area contributed by atoms with Gasteiger partial charge >= 0.3 is 0 Å². The molecule has 42 heavy (non-hydrogen) atoms. The van der Waals surface area contributed by atoms with Gasteiger partial charge in [-0.1, -0.05) is 72.1 Å². The molecule has 4 aromatic rings. The summed E-state index contributed by atoms with van der Waals surface area (Å²) in [4.78, 5) is 0. The molecule has 2 atom stereocenters. The average molecular weight is 687 g/mol. The Balaban J connectivity index is 1.07. The molecule has 4 rings (SSSR count). The Bertz CT molecular complexity index is 1270. The number of nitrogens with one attached hydrogen (secondary N) is 2. The maximum atomic E-state index is 6.65. The maximum absolute atomic E-state index is 6.65. The molecule has 0 spiro atoms. The zero-order valence-electron chi connectivity index (χ0n) is 23.1. The Labute approximate surface area is 278 Å². The lowest BCUT2D eigenvalue weighted by atomic mass is 10.1. The molecule has 222 valence electrons. The minimum atomic E-state index is -0.0708. The minimum Gasteiger partial charge on any atom is -0.355 e. The molecule has 4 nitrogen and oxygen atoms in total. The van der Waals surface area contributed by atoms with E-state index < -0.39 is 0 Å². The number of hydrogen-bond donors (Lipinski definition) is 2. The van der Waals surface area contributed by atoms with Crippen LogP contribution >= 0.6 is 69.6 Å². The average Bonchev–Trinajstić information content (AvgIpc) is 2.94. The lowest BCUT2D eigenvalue weighted by Crippen LogP contribution is -2.35. The highest BCUT2D eigenvalue weighted by Crippen LogP contribution is 2.27. The summed E-state index contributed by atoms with van der Waals surface area (Å²) in [6.45, 7) is 0. The molecule has 0 bridgehead atoms. The molecular formula is C32H34Cl6N4+2. The Kier molecular flexibility index (Phi) is 13.2. The van der Waals surface area contributed by atoms with Crippen molar-refractivity contribution in [3.05, 3.63) is 106 Å². The number of halogens is 6. The Morgan fingerprint density at radius 2 is 0.762 bits per heavy atom. The second-order valence-corrected chi connectivity index (χ2v) is 13.0. The van der Waals surface area contributed by atoms with E-state index in [-0.39, 0.29) is 11.0 Å². The van der Waals surface area contributed by atoms with Crippen LogP contribution in [0.1, 0.15) is 62.4 Å². The SMILES string of the molecule is Clc1cc(Cl)cc(Nc2cc[n+](C(Cl)CCCCCCCCC(Cl)[n+]3ccc(Nc4cc(Cl)cc(Cl)c4)cc3)cc2)c1. The van der Waals surface area contributed by atoms with Gasteiger partial charge in [-0.15, -0.1) is 0 Å². The molecule has 2 aromatic carbocycles. The van der Waals surface area contributed by atoms with Crippen LogP contribution in [-0.4, -0.2) is 0 Å². The van der Waals surface area contributed by atoms with Crippen molar-refractivity contribution in [1.29, 1.82) is 0 Å². The van der Waals surface area contributed by atoms with Crippen LogP contribution in [0.3, 0.4) is 0 Å². The highest BCUT2D eigenvalue weighted by atomic mass is 35.5. The molecule has 0 fully saturated rings. The third kappa shape index (κ3) is 11.0. The summed E-state index contributed by atoms with van der Waals surface area (Å²) in [5.74, 6) is 0. The van der Waals surface area contributed by atoms with Gasteiger partial charge in [0.05, 0.1) is 11.4 Å². The van der Waals surface area contributed by atoms with E-state index in [2.05, 4.69) is 10.6 Å². The summed E-state index contributed by atoms with van der Waals surface area (Å²) >= 11 is 37.7. The van der Waals surface area contributed by atoms with Crippen molar-refractivity contribution in [3.63, 3.8) is 0 Å². The van der Waals surface area contributed by atoms with Crippen molar-refractivity contribution in [2.24, 2.45) is 0 Å². The van der Waals surface area contributed by atoms with Gasteiger partial charge in [-0.05, 0) is 72.4 Å².